The Labute approximate surface area is 87.6 Å². The molecule has 0 radical (unpaired) electrons. The van der Waals surface area contributed by atoms with Crippen LogP contribution >= 0.6 is 0 Å². The summed E-state index contributed by atoms with van der Waals surface area (Å²) in [5, 5.41) is 1.28. The topological polar surface area (TPSA) is 79.4 Å². The third-order valence-electron chi connectivity index (χ3n) is 1.67. The molecule has 0 atom stereocenters. The lowest BCUT2D eigenvalue weighted by Crippen LogP contribution is -1.96. The second kappa shape index (κ2) is 4.92. The summed E-state index contributed by atoms with van der Waals surface area (Å²) in [5.74, 6) is 0. The van der Waals surface area contributed by atoms with Gasteiger partial charge in [0, 0.05) is 11.7 Å². The number of aromatic nitrogens is 1. The molecule has 0 aliphatic carbocycles. The number of fused-ring (bicyclic) bond motifs is 1. The van der Waals surface area contributed by atoms with E-state index in [1.165, 1.54) is 10.9 Å². The van der Waals surface area contributed by atoms with Crippen LogP contribution in [0.1, 0.15) is 0 Å². The highest BCUT2D eigenvalue weighted by Gasteiger charge is 1.94. The number of hydrogen-bond donors (Lipinski definition) is 2. The van der Waals surface area contributed by atoms with Crippen LogP contribution < -0.4 is 0 Å². The number of para-hydroxylation sites is 1. The predicted octanol–water partition coefficient (Wildman–Crippen LogP) is 1.60. The Balaban J connectivity index is 0.000000167. The molecule has 2 rings (SSSR count). The number of nitrogens with one attached hydrogen (secondary N) is 1. The lowest BCUT2D eigenvalue weighted by molar-refractivity contribution is 0.324. The maximum atomic E-state index is 9.33. The summed E-state index contributed by atoms with van der Waals surface area (Å²) in [5.41, 5.74) is 1.21. The monoisotopic (exact) mass is 229 g/mol. The van der Waals surface area contributed by atoms with Gasteiger partial charge < -0.3 is 4.98 Å². The second-order valence-electron chi connectivity index (χ2n) is 2.66. The number of rotatable bonds is 1. The molecule has 0 aliphatic heterocycles. The van der Waals surface area contributed by atoms with Crippen molar-refractivity contribution in [1.82, 2.24) is 4.98 Å². The van der Waals surface area contributed by atoms with E-state index in [9.17, 15) is 8.42 Å². The molecule has 82 valence electrons. The van der Waals surface area contributed by atoms with E-state index in [1.807, 2.05) is 18.3 Å². The molecule has 15 heavy (non-hydrogen) atoms. The number of hydrogen-bond acceptors (Lipinski definition) is 3. The van der Waals surface area contributed by atoms with E-state index in [-0.39, 0.29) is 0 Å². The third kappa shape index (κ3) is 4.11. The molecule has 1 aromatic carbocycles. The van der Waals surface area contributed by atoms with Gasteiger partial charge in [0.25, 0.3) is 0 Å². The molecule has 0 bridgehead atoms. The van der Waals surface area contributed by atoms with Crippen LogP contribution in [0.3, 0.4) is 0 Å². The van der Waals surface area contributed by atoms with Crippen LogP contribution in [0.25, 0.3) is 10.9 Å². The molecule has 0 fully saturated rings. The fraction of sp³-hybridized carbons (Fsp3) is 0.111. The zero-order valence-electron chi connectivity index (χ0n) is 8.04. The van der Waals surface area contributed by atoms with Crippen molar-refractivity contribution in [3.63, 3.8) is 0 Å². The van der Waals surface area contributed by atoms with E-state index in [0.717, 1.165) is 7.11 Å². The maximum Gasteiger partial charge on any atom is 0.397 e. The Kier molecular flexibility index (Phi) is 3.84. The van der Waals surface area contributed by atoms with Crippen LogP contribution in [0.4, 0.5) is 0 Å². The van der Waals surface area contributed by atoms with Gasteiger partial charge in [0.05, 0.1) is 7.11 Å². The molecule has 2 aromatic rings. The molecule has 2 N–H and O–H groups in total. The Morgan fingerprint density at radius 3 is 2.40 bits per heavy atom. The summed E-state index contributed by atoms with van der Waals surface area (Å²) >= 11 is 0. The first kappa shape index (κ1) is 11.7. The molecule has 0 saturated carbocycles. The SMILES string of the molecule is COS(=O)(=O)O.c1ccc2[nH]ccc2c1. The normalized spacial score (nSPS) is 10.8. The van der Waals surface area contributed by atoms with Crippen molar-refractivity contribution >= 4 is 21.3 Å². The van der Waals surface area contributed by atoms with Crippen molar-refractivity contribution in [2.24, 2.45) is 0 Å². The number of aromatic amines is 1. The molecule has 6 heteroatoms. The summed E-state index contributed by atoms with van der Waals surface area (Å²) < 4.78 is 29.7. The first-order valence-electron chi connectivity index (χ1n) is 4.08. The van der Waals surface area contributed by atoms with E-state index in [4.69, 9.17) is 4.55 Å². The summed E-state index contributed by atoms with van der Waals surface area (Å²) in [6, 6.07) is 10.3. The summed E-state index contributed by atoms with van der Waals surface area (Å²) in [6.45, 7) is 0. The van der Waals surface area contributed by atoms with Gasteiger partial charge in [0.2, 0.25) is 0 Å². The van der Waals surface area contributed by atoms with Gasteiger partial charge in [0.1, 0.15) is 0 Å². The van der Waals surface area contributed by atoms with Gasteiger partial charge in [0.15, 0.2) is 0 Å². The van der Waals surface area contributed by atoms with Crippen molar-refractivity contribution in [3.8, 4) is 0 Å². The first-order chi connectivity index (χ1) is 7.03. The van der Waals surface area contributed by atoms with Gasteiger partial charge in [-0.25, -0.2) is 0 Å². The van der Waals surface area contributed by atoms with Gasteiger partial charge >= 0.3 is 10.4 Å². The Morgan fingerprint density at radius 2 is 1.87 bits per heavy atom. The number of benzene rings is 1. The quantitative estimate of drug-likeness (QED) is 0.728. The van der Waals surface area contributed by atoms with E-state index in [0.29, 0.717) is 0 Å². The van der Waals surface area contributed by atoms with Crippen LogP contribution in [-0.2, 0) is 14.6 Å². The fourth-order valence-electron chi connectivity index (χ4n) is 0.995. The van der Waals surface area contributed by atoms with E-state index in [2.05, 4.69) is 27.4 Å². The van der Waals surface area contributed by atoms with Crippen molar-refractivity contribution in [2.75, 3.05) is 7.11 Å². The van der Waals surface area contributed by atoms with Crippen molar-refractivity contribution in [1.29, 1.82) is 0 Å². The highest BCUT2D eigenvalue weighted by atomic mass is 32.3. The Hall–Kier alpha value is -1.37. The largest absolute Gasteiger partial charge is 0.397 e. The standard InChI is InChI=1S/C8H7N.CH4O4S/c1-2-4-8-7(3-1)5-6-9-8;1-5-6(2,3)4/h1-6,9H;1H3,(H,2,3,4). The lowest BCUT2D eigenvalue weighted by Gasteiger charge is -1.83. The number of H-pyrrole nitrogens is 1. The molecule has 0 saturated heterocycles. The molecular weight excluding hydrogens is 218 g/mol. The average molecular weight is 229 g/mol. The molecule has 0 unspecified atom stereocenters. The van der Waals surface area contributed by atoms with Gasteiger partial charge in [-0.2, -0.15) is 8.42 Å². The minimum atomic E-state index is -4.16. The molecule has 1 aromatic heterocycles. The van der Waals surface area contributed by atoms with E-state index >= 15 is 0 Å². The van der Waals surface area contributed by atoms with Crippen LogP contribution in [-0.4, -0.2) is 25.1 Å². The summed E-state index contributed by atoms with van der Waals surface area (Å²) in [7, 11) is -3.29. The van der Waals surface area contributed by atoms with Gasteiger partial charge in [-0.3, -0.25) is 8.74 Å². The van der Waals surface area contributed by atoms with Crippen LogP contribution in [0.2, 0.25) is 0 Å². The molecule has 1 heterocycles. The average Bonchev–Trinajstić information content (AvgIpc) is 2.65. The second-order valence-corrected chi connectivity index (χ2v) is 3.85. The van der Waals surface area contributed by atoms with E-state index in [1.54, 1.807) is 0 Å². The molecule has 5 nitrogen and oxygen atoms in total. The Bertz CT molecular complexity index is 487. The van der Waals surface area contributed by atoms with E-state index < -0.39 is 10.4 Å². The van der Waals surface area contributed by atoms with Crippen LogP contribution in [0, 0.1) is 0 Å². The lowest BCUT2D eigenvalue weighted by atomic mass is 10.3. The van der Waals surface area contributed by atoms with Crippen molar-refractivity contribution in [2.45, 2.75) is 0 Å². The summed E-state index contributed by atoms with van der Waals surface area (Å²) in [6.07, 6.45) is 1.95. The van der Waals surface area contributed by atoms with Crippen molar-refractivity contribution < 1.29 is 17.2 Å². The minimum Gasteiger partial charge on any atom is -0.361 e. The van der Waals surface area contributed by atoms with Gasteiger partial charge in [-0.15, -0.1) is 0 Å². The van der Waals surface area contributed by atoms with Crippen LogP contribution in [0.5, 0.6) is 0 Å². The predicted molar refractivity (Wildman–Crippen MR) is 56.9 cm³/mol. The molecule has 0 spiro atoms. The zero-order chi connectivity index (χ0) is 11.3. The smallest absolute Gasteiger partial charge is 0.361 e. The van der Waals surface area contributed by atoms with Crippen LogP contribution in [0.15, 0.2) is 36.5 Å². The molecular formula is C9H11NO4S. The maximum absolute atomic E-state index is 9.33. The molecule has 0 aliphatic rings. The zero-order valence-corrected chi connectivity index (χ0v) is 8.86. The van der Waals surface area contributed by atoms with Gasteiger partial charge in [-0.1, -0.05) is 18.2 Å². The highest BCUT2D eigenvalue weighted by Crippen LogP contribution is 2.09. The summed E-state index contributed by atoms with van der Waals surface area (Å²) in [4.78, 5) is 3.12. The highest BCUT2D eigenvalue weighted by molar-refractivity contribution is 7.80. The van der Waals surface area contributed by atoms with Crippen molar-refractivity contribution in [3.05, 3.63) is 36.5 Å². The first-order valence-corrected chi connectivity index (χ1v) is 5.44. The van der Waals surface area contributed by atoms with Gasteiger partial charge in [-0.05, 0) is 17.5 Å². The minimum absolute atomic E-state index is 0.870. The Morgan fingerprint density at radius 1 is 1.27 bits per heavy atom. The third-order valence-corrected chi connectivity index (χ3v) is 2.09. The molecule has 0 amide bonds. The fourth-order valence-corrected chi connectivity index (χ4v) is 0.995.